The largest absolute Gasteiger partial charge is 0.497 e. The lowest BCUT2D eigenvalue weighted by molar-refractivity contribution is -0.137. The summed E-state index contributed by atoms with van der Waals surface area (Å²) >= 11 is 0. The smallest absolute Gasteiger partial charge is 0.338 e. The average molecular weight is 429 g/mol. The summed E-state index contributed by atoms with van der Waals surface area (Å²) in [7, 11) is -2.37. The summed E-state index contributed by atoms with van der Waals surface area (Å²) in [6.07, 6.45) is 2.93. The first-order valence-electron chi connectivity index (χ1n) is 9.12. The lowest BCUT2D eigenvalue weighted by Gasteiger charge is -2.10. The minimum absolute atomic E-state index is 0.0609. The van der Waals surface area contributed by atoms with E-state index in [1.807, 2.05) is 0 Å². The van der Waals surface area contributed by atoms with E-state index < -0.39 is 16.0 Å². The zero-order valence-corrected chi connectivity index (χ0v) is 17.1. The maximum Gasteiger partial charge on any atom is 0.338 e. The van der Waals surface area contributed by atoms with Crippen molar-refractivity contribution in [1.29, 1.82) is 0 Å². The predicted octanol–water partition coefficient (Wildman–Crippen LogP) is 2.70. The molecule has 0 radical (unpaired) electrons. The third kappa shape index (κ3) is 3.59. The van der Waals surface area contributed by atoms with Gasteiger partial charge in [-0.3, -0.25) is 4.72 Å². The average Bonchev–Trinajstić information content (AvgIpc) is 3.34. The molecule has 30 heavy (non-hydrogen) atoms. The van der Waals surface area contributed by atoms with Crippen molar-refractivity contribution >= 4 is 27.6 Å². The molecule has 1 heterocycles. The van der Waals surface area contributed by atoms with Crippen molar-refractivity contribution in [3.8, 4) is 17.2 Å². The van der Waals surface area contributed by atoms with Gasteiger partial charge in [0.15, 0.2) is 11.5 Å². The highest BCUT2D eigenvalue weighted by molar-refractivity contribution is 7.89. The molecule has 0 fully saturated rings. The van der Waals surface area contributed by atoms with Crippen LogP contribution >= 0.6 is 0 Å². The maximum absolute atomic E-state index is 12.7. The summed E-state index contributed by atoms with van der Waals surface area (Å²) in [4.78, 5) is 12.5. The maximum atomic E-state index is 12.7. The molecule has 1 aliphatic heterocycles. The number of sulfonamides is 1. The van der Waals surface area contributed by atoms with Gasteiger partial charge in [0.1, 0.15) is 5.75 Å². The minimum atomic E-state index is -3.87. The van der Waals surface area contributed by atoms with Crippen LogP contribution in [0.2, 0.25) is 0 Å². The van der Waals surface area contributed by atoms with Gasteiger partial charge in [0, 0.05) is 11.8 Å². The highest BCUT2D eigenvalue weighted by Crippen LogP contribution is 2.43. The molecule has 156 valence electrons. The van der Waals surface area contributed by atoms with Gasteiger partial charge in [0.05, 0.1) is 24.2 Å². The van der Waals surface area contributed by atoms with Gasteiger partial charge in [0.2, 0.25) is 6.79 Å². The second kappa shape index (κ2) is 7.75. The van der Waals surface area contributed by atoms with E-state index in [2.05, 4.69) is 4.72 Å². The monoisotopic (exact) mass is 429 g/mol. The summed E-state index contributed by atoms with van der Waals surface area (Å²) in [6.45, 7) is 2.00. The molecular formula is C21H19NO7S. The van der Waals surface area contributed by atoms with Gasteiger partial charge >= 0.3 is 5.97 Å². The van der Waals surface area contributed by atoms with Gasteiger partial charge in [-0.15, -0.1) is 0 Å². The van der Waals surface area contributed by atoms with E-state index in [4.69, 9.17) is 18.9 Å². The molecule has 1 N–H and O–H groups in total. The Balaban J connectivity index is 1.70. The van der Waals surface area contributed by atoms with Crippen molar-refractivity contribution in [2.24, 2.45) is 0 Å². The SMILES string of the molecule is CCOC(=O)C1=Cc2cc3c(cc2/C1=C/NS(=O)(=O)c1ccc(OC)cc1)OCO3. The topological polar surface area (TPSA) is 100 Å². The number of hydrogen-bond acceptors (Lipinski definition) is 7. The first-order valence-corrected chi connectivity index (χ1v) is 10.6. The molecule has 2 aromatic rings. The third-order valence-electron chi connectivity index (χ3n) is 4.65. The van der Waals surface area contributed by atoms with Crippen molar-refractivity contribution in [2.75, 3.05) is 20.5 Å². The van der Waals surface area contributed by atoms with Crippen LogP contribution in [0.1, 0.15) is 18.1 Å². The Morgan fingerprint density at radius 3 is 2.53 bits per heavy atom. The lowest BCUT2D eigenvalue weighted by Crippen LogP contribution is -2.19. The zero-order valence-electron chi connectivity index (χ0n) is 16.3. The van der Waals surface area contributed by atoms with Gasteiger partial charge in [-0.2, -0.15) is 0 Å². The van der Waals surface area contributed by atoms with E-state index in [1.54, 1.807) is 37.3 Å². The molecule has 0 unspecified atom stereocenters. The molecule has 0 aromatic heterocycles. The van der Waals surface area contributed by atoms with Gasteiger partial charge in [-0.05, 0) is 60.5 Å². The first-order chi connectivity index (χ1) is 14.4. The molecule has 0 amide bonds. The van der Waals surface area contributed by atoms with Crippen molar-refractivity contribution in [2.45, 2.75) is 11.8 Å². The Labute approximate surface area is 173 Å². The molecule has 0 bridgehead atoms. The number of nitrogens with one attached hydrogen (secondary N) is 1. The van der Waals surface area contributed by atoms with Gasteiger partial charge < -0.3 is 18.9 Å². The van der Waals surface area contributed by atoms with E-state index in [0.717, 1.165) is 0 Å². The molecular weight excluding hydrogens is 410 g/mol. The summed E-state index contributed by atoms with van der Waals surface area (Å²) in [5.74, 6) is 1.08. The van der Waals surface area contributed by atoms with Crippen LogP contribution in [0, 0.1) is 0 Å². The Kier molecular flexibility index (Phi) is 5.13. The van der Waals surface area contributed by atoms with Gasteiger partial charge in [-0.25, -0.2) is 13.2 Å². The molecule has 0 saturated carbocycles. The standard InChI is InChI=1S/C21H19NO7S/c1-3-27-21(23)17-8-13-9-19-20(29-12-28-19)10-16(13)18(17)11-22-30(24,25)15-6-4-14(26-2)5-7-15/h4-11,22H,3,12H2,1-2H3/b18-11-. The summed E-state index contributed by atoms with van der Waals surface area (Å²) < 4.78 is 48.8. The van der Waals surface area contributed by atoms with E-state index in [0.29, 0.717) is 33.9 Å². The van der Waals surface area contributed by atoms with Crippen LogP contribution in [0.5, 0.6) is 17.2 Å². The molecule has 1 aliphatic carbocycles. The second-order valence-corrected chi connectivity index (χ2v) is 8.14. The Morgan fingerprint density at radius 2 is 1.87 bits per heavy atom. The fourth-order valence-electron chi connectivity index (χ4n) is 3.18. The number of fused-ring (bicyclic) bond motifs is 2. The van der Waals surface area contributed by atoms with Crippen LogP contribution in [0.3, 0.4) is 0 Å². The minimum Gasteiger partial charge on any atom is -0.497 e. The number of ether oxygens (including phenoxy) is 4. The highest BCUT2D eigenvalue weighted by Gasteiger charge is 2.29. The molecule has 0 saturated heterocycles. The molecule has 0 atom stereocenters. The quantitative estimate of drug-likeness (QED) is 0.705. The fourth-order valence-corrected chi connectivity index (χ4v) is 4.08. The van der Waals surface area contributed by atoms with Gasteiger partial charge in [0.25, 0.3) is 10.0 Å². The molecule has 2 aliphatic rings. The predicted molar refractivity (Wildman–Crippen MR) is 108 cm³/mol. The normalized spacial score (nSPS) is 15.5. The summed E-state index contributed by atoms with van der Waals surface area (Å²) in [5.41, 5.74) is 1.98. The van der Waals surface area contributed by atoms with Crippen LogP contribution in [0.25, 0.3) is 11.6 Å². The number of carbonyl (C=O) groups excluding carboxylic acids is 1. The Bertz CT molecular complexity index is 1160. The molecule has 9 heteroatoms. The number of benzene rings is 2. The lowest BCUT2D eigenvalue weighted by atomic mass is 10.0. The van der Waals surface area contributed by atoms with Crippen LogP contribution in [0.15, 0.2) is 53.1 Å². The van der Waals surface area contributed by atoms with Gasteiger partial charge in [-0.1, -0.05) is 0 Å². The summed E-state index contributed by atoms with van der Waals surface area (Å²) in [5, 5.41) is 0. The molecule has 0 spiro atoms. The zero-order chi connectivity index (χ0) is 21.3. The Morgan fingerprint density at radius 1 is 1.17 bits per heavy atom. The molecule has 4 rings (SSSR count). The third-order valence-corrected chi connectivity index (χ3v) is 5.97. The van der Waals surface area contributed by atoms with Crippen LogP contribution < -0.4 is 18.9 Å². The van der Waals surface area contributed by atoms with Crippen LogP contribution in [0.4, 0.5) is 0 Å². The van der Waals surface area contributed by atoms with Crippen molar-refractivity contribution < 1.29 is 32.2 Å². The number of carbonyl (C=O) groups is 1. The van der Waals surface area contributed by atoms with E-state index in [-0.39, 0.29) is 23.9 Å². The van der Waals surface area contributed by atoms with Crippen molar-refractivity contribution in [3.63, 3.8) is 0 Å². The number of rotatable bonds is 6. The fraction of sp³-hybridized carbons (Fsp3) is 0.190. The van der Waals surface area contributed by atoms with Crippen LogP contribution in [-0.2, 0) is 19.6 Å². The summed E-state index contributed by atoms with van der Waals surface area (Å²) in [6, 6.07) is 9.43. The van der Waals surface area contributed by atoms with E-state index in [9.17, 15) is 13.2 Å². The van der Waals surface area contributed by atoms with E-state index in [1.165, 1.54) is 25.4 Å². The molecule has 8 nitrogen and oxygen atoms in total. The van der Waals surface area contributed by atoms with Crippen molar-refractivity contribution in [3.05, 3.63) is 59.3 Å². The number of hydrogen-bond donors (Lipinski definition) is 1. The highest BCUT2D eigenvalue weighted by atomic mass is 32.2. The Hall–Kier alpha value is -3.46. The number of methoxy groups -OCH3 is 1. The number of esters is 1. The molecule has 2 aromatic carbocycles. The second-order valence-electron chi connectivity index (χ2n) is 6.43. The van der Waals surface area contributed by atoms with Crippen LogP contribution in [-0.4, -0.2) is 34.9 Å². The van der Waals surface area contributed by atoms with Crippen molar-refractivity contribution in [1.82, 2.24) is 4.72 Å². The van der Waals surface area contributed by atoms with E-state index >= 15 is 0 Å². The first kappa shape index (κ1) is 19.8.